The van der Waals surface area contributed by atoms with Crippen LogP contribution in [-0.4, -0.2) is 38.4 Å². The van der Waals surface area contributed by atoms with Crippen molar-refractivity contribution in [1.82, 2.24) is 0 Å². The van der Waals surface area contributed by atoms with Crippen LogP contribution >= 0.6 is 0 Å². The zero-order valence-electron chi connectivity index (χ0n) is 5.81. The quantitative estimate of drug-likeness (QED) is 0.434. The van der Waals surface area contributed by atoms with Crippen LogP contribution in [0.1, 0.15) is 0 Å². The smallest absolute Gasteiger partial charge is 0.290 e. The van der Waals surface area contributed by atoms with Crippen LogP contribution in [0.2, 0.25) is 0 Å². The number of rotatable bonds is 3. The number of ether oxygens (including phenoxy) is 2. The predicted octanol–water partition coefficient (Wildman–Crippen LogP) is -0.495. The first-order valence-electron chi connectivity index (χ1n) is 2.35. The van der Waals surface area contributed by atoms with E-state index in [0.717, 1.165) is 0 Å². The molecule has 0 bridgehead atoms. The molecule has 5 heteroatoms. The van der Waals surface area contributed by atoms with Gasteiger partial charge in [0.05, 0.1) is 0 Å². The minimum absolute atomic E-state index is 0.250. The third-order valence-corrected chi connectivity index (χ3v) is 0.576. The summed E-state index contributed by atoms with van der Waals surface area (Å²) in [5.74, 6) is 0. The summed E-state index contributed by atoms with van der Waals surface area (Å²) in [6, 6.07) is 0. The lowest BCUT2D eigenvalue weighted by molar-refractivity contribution is -0.143. The number of carbonyl (C=O) groups excluding carboxylic acids is 1. The highest BCUT2D eigenvalue weighted by Crippen LogP contribution is 1.80. The van der Waals surface area contributed by atoms with Gasteiger partial charge in [0.2, 0.25) is 6.29 Å². The van der Waals surface area contributed by atoms with E-state index >= 15 is 0 Å². The molecular weight excluding hydrogens is 140 g/mol. The Balaban J connectivity index is 0. The molecule has 0 aliphatic rings. The van der Waals surface area contributed by atoms with Crippen molar-refractivity contribution in [2.45, 2.75) is 6.29 Å². The molecule has 0 spiro atoms. The van der Waals surface area contributed by atoms with E-state index < -0.39 is 6.29 Å². The fourth-order valence-electron chi connectivity index (χ4n) is 0.207. The molecule has 1 N–H and O–H groups in total. The molecule has 0 heterocycles. The van der Waals surface area contributed by atoms with Crippen LogP contribution < -0.4 is 0 Å². The van der Waals surface area contributed by atoms with Crippen molar-refractivity contribution in [2.24, 2.45) is 0 Å². The molecule has 0 atom stereocenters. The number of methoxy groups -OCH3 is 2. The highest BCUT2D eigenvalue weighted by molar-refractivity contribution is 5.53. The molecule has 0 aromatic heterocycles. The summed E-state index contributed by atoms with van der Waals surface area (Å²) in [5, 5.41) is 6.89. The van der Waals surface area contributed by atoms with Crippen LogP contribution in [0, 0.1) is 0 Å². The molecule has 60 valence electrons. The summed E-state index contributed by atoms with van der Waals surface area (Å²) in [4.78, 5) is 18.1. The summed E-state index contributed by atoms with van der Waals surface area (Å²) in [6.45, 7) is -0.250. The van der Waals surface area contributed by atoms with Gasteiger partial charge in [0.25, 0.3) is 6.47 Å². The first-order valence-corrected chi connectivity index (χ1v) is 2.35. The lowest BCUT2D eigenvalue weighted by Gasteiger charge is -2.01. The van der Waals surface area contributed by atoms with E-state index in [1.54, 1.807) is 0 Å². The maximum atomic E-state index is 9.72. The van der Waals surface area contributed by atoms with E-state index in [1.807, 2.05) is 0 Å². The normalized spacial score (nSPS) is 7.90. The second kappa shape index (κ2) is 10.9. The Kier molecular flexibility index (Phi) is 12.9. The van der Waals surface area contributed by atoms with E-state index in [-0.39, 0.29) is 6.47 Å². The van der Waals surface area contributed by atoms with Crippen LogP contribution in [0.25, 0.3) is 0 Å². The van der Waals surface area contributed by atoms with Crippen molar-refractivity contribution < 1.29 is 24.2 Å². The first kappa shape index (κ1) is 11.8. The summed E-state index contributed by atoms with van der Waals surface area (Å²) < 4.78 is 8.92. The molecular formula is C5H10O5. The van der Waals surface area contributed by atoms with Crippen molar-refractivity contribution in [3.63, 3.8) is 0 Å². The third-order valence-electron chi connectivity index (χ3n) is 0.576. The average molecular weight is 150 g/mol. The molecule has 0 aliphatic carbocycles. The molecule has 0 saturated carbocycles. The van der Waals surface area contributed by atoms with Gasteiger partial charge in [0, 0.05) is 14.2 Å². The lowest BCUT2D eigenvalue weighted by atomic mass is 10.7. The summed E-state index contributed by atoms with van der Waals surface area (Å²) in [7, 11) is 2.81. The van der Waals surface area contributed by atoms with Crippen molar-refractivity contribution in [2.75, 3.05) is 14.2 Å². The van der Waals surface area contributed by atoms with Crippen LogP contribution in [0.5, 0.6) is 0 Å². The molecule has 0 radical (unpaired) electrons. The Hall–Kier alpha value is -0.940. The van der Waals surface area contributed by atoms with Gasteiger partial charge in [-0.1, -0.05) is 0 Å². The van der Waals surface area contributed by atoms with Crippen LogP contribution in [0.4, 0.5) is 0 Å². The van der Waals surface area contributed by atoms with Crippen molar-refractivity contribution in [3.05, 3.63) is 0 Å². The molecule has 0 unspecified atom stereocenters. The number of hydrogen-bond acceptors (Lipinski definition) is 4. The Bertz CT molecular complexity index is 78.1. The largest absolute Gasteiger partial charge is 0.483 e. The van der Waals surface area contributed by atoms with Gasteiger partial charge < -0.3 is 14.6 Å². The number of aldehydes is 1. The van der Waals surface area contributed by atoms with Gasteiger partial charge in [-0.15, -0.1) is 0 Å². The predicted molar refractivity (Wildman–Crippen MR) is 32.6 cm³/mol. The Morgan fingerprint density at radius 3 is 1.60 bits per heavy atom. The molecule has 0 aliphatic heterocycles. The fraction of sp³-hybridized carbons (Fsp3) is 0.600. The third kappa shape index (κ3) is 10.1. The zero-order chi connectivity index (χ0) is 8.41. The van der Waals surface area contributed by atoms with E-state index in [1.165, 1.54) is 14.2 Å². The zero-order valence-corrected chi connectivity index (χ0v) is 5.81. The molecule has 0 rings (SSSR count). The fourth-order valence-corrected chi connectivity index (χ4v) is 0.207. The number of carboxylic acid groups (broad SMARTS) is 1. The van der Waals surface area contributed by atoms with Gasteiger partial charge in [-0.2, -0.15) is 0 Å². The van der Waals surface area contributed by atoms with E-state index in [9.17, 15) is 4.79 Å². The molecule has 0 saturated heterocycles. The minimum atomic E-state index is -0.694. The van der Waals surface area contributed by atoms with Crippen molar-refractivity contribution in [1.29, 1.82) is 0 Å². The standard InChI is InChI=1S/C4H8O3.CH2O2/c1-6-4(3-5)7-2;2-1-3/h3-4H,1-2H3;1H,(H,2,3). The first-order chi connectivity index (χ1) is 4.76. The van der Waals surface area contributed by atoms with Gasteiger partial charge in [0.1, 0.15) is 0 Å². The molecule has 0 fully saturated rings. The Labute approximate surface area is 58.5 Å². The van der Waals surface area contributed by atoms with Gasteiger partial charge in [-0.3, -0.25) is 9.59 Å². The molecule has 0 amide bonds. The van der Waals surface area contributed by atoms with E-state index in [2.05, 4.69) is 9.47 Å². The highest BCUT2D eigenvalue weighted by Gasteiger charge is 1.97. The van der Waals surface area contributed by atoms with Gasteiger partial charge in [0.15, 0.2) is 6.29 Å². The Morgan fingerprint density at radius 2 is 1.60 bits per heavy atom. The number of carbonyl (C=O) groups is 2. The van der Waals surface area contributed by atoms with Gasteiger partial charge in [-0.25, -0.2) is 0 Å². The van der Waals surface area contributed by atoms with E-state index in [4.69, 9.17) is 9.90 Å². The molecule has 0 aromatic carbocycles. The summed E-state index contributed by atoms with van der Waals surface area (Å²) >= 11 is 0. The second-order valence-electron chi connectivity index (χ2n) is 1.08. The molecule has 0 aromatic rings. The average Bonchev–Trinajstić information content (AvgIpc) is 1.93. The topological polar surface area (TPSA) is 72.8 Å². The maximum absolute atomic E-state index is 9.72. The van der Waals surface area contributed by atoms with Crippen molar-refractivity contribution >= 4 is 12.8 Å². The van der Waals surface area contributed by atoms with Crippen LogP contribution in [0.15, 0.2) is 0 Å². The maximum Gasteiger partial charge on any atom is 0.290 e. The van der Waals surface area contributed by atoms with Crippen LogP contribution in [0.3, 0.4) is 0 Å². The van der Waals surface area contributed by atoms with Gasteiger partial charge in [-0.05, 0) is 0 Å². The minimum Gasteiger partial charge on any atom is -0.483 e. The highest BCUT2D eigenvalue weighted by atomic mass is 16.7. The summed E-state index contributed by atoms with van der Waals surface area (Å²) in [6.07, 6.45) is -0.111. The summed E-state index contributed by atoms with van der Waals surface area (Å²) in [5.41, 5.74) is 0. The van der Waals surface area contributed by atoms with E-state index in [0.29, 0.717) is 6.29 Å². The van der Waals surface area contributed by atoms with Crippen LogP contribution in [-0.2, 0) is 19.1 Å². The monoisotopic (exact) mass is 150 g/mol. The SMILES string of the molecule is COC(C=O)OC.O=CO. The molecule has 10 heavy (non-hydrogen) atoms. The number of hydrogen-bond donors (Lipinski definition) is 1. The van der Waals surface area contributed by atoms with Gasteiger partial charge >= 0.3 is 0 Å². The second-order valence-corrected chi connectivity index (χ2v) is 1.08. The van der Waals surface area contributed by atoms with Crippen molar-refractivity contribution in [3.8, 4) is 0 Å². The molecule has 5 nitrogen and oxygen atoms in total. The lowest BCUT2D eigenvalue weighted by Crippen LogP contribution is -2.13. The Morgan fingerprint density at radius 1 is 1.30 bits per heavy atom.